The molecule has 0 saturated carbocycles. The van der Waals surface area contributed by atoms with Gasteiger partial charge in [0.2, 0.25) is 0 Å². The van der Waals surface area contributed by atoms with E-state index in [-0.39, 0.29) is 5.91 Å². The van der Waals surface area contributed by atoms with Crippen molar-refractivity contribution in [1.82, 2.24) is 5.32 Å². The number of benzene rings is 2. The van der Waals surface area contributed by atoms with E-state index in [4.69, 9.17) is 9.47 Å². The van der Waals surface area contributed by atoms with Crippen LogP contribution in [0.15, 0.2) is 36.4 Å². The van der Waals surface area contributed by atoms with Crippen LogP contribution in [-0.4, -0.2) is 20.1 Å². The summed E-state index contributed by atoms with van der Waals surface area (Å²) in [6, 6.07) is 11.5. The van der Waals surface area contributed by atoms with Crippen LogP contribution < -0.4 is 14.8 Å². The second-order valence-corrected chi connectivity index (χ2v) is 5.16. The zero-order valence-electron chi connectivity index (χ0n) is 13.4. The number of amides is 1. The van der Waals surface area contributed by atoms with E-state index in [2.05, 4.69) is 5.32 Å². The van der Waals surface area contributed by atoms with E-state index in [1.165, 1.54) is 0 Å². The van der Waals surface area contributed by atoms with Crippen LogP contribution in [-0.2, 0) is 6.54 Å². The van der Waals surface area contributed by atoms with Crippen molar-refractivity contribution in [3.05, 3.63) is 58.7 Å². The predicted molar refractivity (Wildman–Crippen MR) is 86.6 cm³/mol. The van der Waals surface area contributed by atoms with Gasteiger partial charge in [-0.3, -0.25) is 4.79 Å². The van der Waals surface area contributed by atoms with Gasteiger partial charge in [0.05, 0.1) is 19.8 Å². The molecule has 1 amide bonds. The summed E-state index contributed by atoms with van der Waals surface area (Å²) < 4.78 is 10.7. The first kappa shape index (κ1) is 15.9. The van der Waals surface area contributed by atoms with Crippen LogP contribution in [0.4, 0.5) is 0 Å². The first-order chi connectivity index (χ1) is 10.6. The molecule has 0 radical (unpaired) electrons. The molecule has 22 heavy (non-hydrogen) atoms. The van der Waals surface area contributed by atoms with Crippen molar-refractivity contribution in [3.8, 4) is 11.5 Å². The van der Waals surface area contributed by atoms with E-state index in [1.54, 1.807) is 14.2 Å². The first-order valence-electron chi connectivity index (χ1n) is 7.12. The highest BCUT2D eigenvalue weighted by molar-refractivity contribution is 5.97. The Morgan fingerprint density at radius 1 is 1.09 bits per heavy atom. The molecule has 4 nitrogen and oxygen atoms in total. The van der Waals surface area contributed by atoms with Crippen molar-refractivity contribution in [1.29, 1.82) is 0 Å². The minimum atomic E-state index is -0.158. The zero-order chi connectivity index (χ0) is 16.1. The van der Waals surface area contributed by atoms with Crippen molar-refractivity contribution in [2.75, 3.05) is 14.2 Å². The lowest BCUT2D eigenvalue weighted by Crippen LogP contribution is -2.24. The number of ether oxygens (including phenoxy) is 2. The minimum absolute atomic E-state index is 0.158. The van der Waals surface area contributed by atoms with Crippen LogP contribution in [0, 0.1) is 13.8 Å². The van der Waals surface area contributed by atoms with Crippen molar-refractivity contribution in [2.24, 2.45) is 0 Å². The van der Waals surface area contributed by atoms with Crippen molar-refractivity contribution < 1.29 is 14.3 Å². The smallest absolute Gasteiger partial charge is 0.255 e. The van der Waals surface area contributed by atoms with Gasteiger partial charge in [0.25, 0.3) is 5.91 Å². The molecule has 0 fully saturated rings. The largest absolute Gasteiger partial charge is 0.496 e. The molecule has 0 aliphatic heterocycles. The van der Waals surface area contributed by atoms with Gasteiger partial charge in [0, 0.05) is 12.1 Å². The fourth-order valence-electron chi connectivity index (χ4n) is 2.51. The molecule has 1 N–H and O–H groups in total. The fourth-order valence-corrected chi connectivity index (χ4v) is 2.51. The van der Waals surface area contributed by atoms with Crippen molar-refractivity contribution >= 4 is 5.91 Å². The van der Waals surface area contributed by atoms with E-state index in [0.29, 0.717) is 17.9 Å². The Morgan fingerprint density at radius 3 is 2.50 bits per heavy atom. The summed E-state index contributed by atoms with van der Waals surface area (Å²) >= 11 is 0. The summed E-state index contributed by atoms with van der Waals surface area (Å²) in [6.45, 7) is 4.30. The highest BCUT2D eigenvalue weighted by atomic mass is 16.5. The lowest BCUT2D eigenvalue weighted by molar-refractivity contribution is 0.0947. The third kappa shape index (κ3) is 3.39. The van der Waals surface area contributed by atoms with E-state index >= 15 is 0 Å². The molecule has 0 unspecified atom stereocenters. The molecule has 0 atom stereocenters. The monoisotopic (exact) mass is 299 g/mol. The van der Waals surface area contributed by atoms with E-state index in [9.17, 15) is 4.79 Å². The molecule has 116 valence electrons. The standard InChI is InChI=1S/C18H21NO3/c1-12-9-13(2)17(22-4)15(10-12)18(20)19-11-14-7-5-6-8-16(14)21-3/h5-10H,11H2,1-4H3,(H,19,20). The summed E-state index contributed by atoms with van der Waals surface area (Å²) in [4.78, 5) is 12.5. The number of methoxy groups -OCH3 is 2. The lowest BCUT2D eigenvalue weighted by atomic mass is 10.0. The van der Waals surface area contributed by atoms with Gasteiger partial charge >= 0.3 is 0 Å². The maximum Gasteiger partial charge on any atom is 0.255 e. The second kappa shape index (κ2) is 6.98. The van der Waals surface area contributed by atoms with Crippen LogP contribution in [0.2, 0.25) is 0 Å². The summed E-state index contributed by atoms with van der Waals surface area (Å²) in [7, 11) is 3.20. The van der Waals surface area contributed by atoms with Crippen LogP contribution in [0.3, 0.4) is 0 Å². The van der Waals surface area contributed by atoms with Gasteiger partial charge in [-0.05, 0) is 37.1 Å². The summed E-state index contributed by atoms with van der Waals surface area (Å²) in [6.07, 6.45) is 0. The number of hydrogen-bond donors (Lipinski definition) is 1. The quantitative estimate of drug-likeness (QED) is 0.922. The van der Waals surface area contributed by atoms with Crippen molar-refractivity contribution in [2.45, 2.75) is 20.4 Å². The maximum absolute atomic E-state index is 12.5. The predicted octanol–water partition coefficient (Wildman–Crippen LogP) is 3.25. The molecule has 0 aliphatic carbocycles. The lowest BCUT2D eigenvalue weighted by Gasteiger charge is -2.14. The van der Waals surface area contributed by atoms with Crippen LogP contribution in [0.1, 0.15) is 27.0 Å². The number of hydrogen-bond acceptors (Lipinski definition) is 3. The van der Waals surface area contributed by atoms with Crippen LogP contribution >= 0.6 is 0 Å². The SMILES string of the molecule is COc1ccccc1CNC(=O)c1cc(C)cc(C)c1OC. The fraction of sp³-hybridized carbons (Fsp3) is 0.278. The minimum Gasteiger partial charge on any atom is -0.496 e. The summed E-state index contributed by atoms with van der Waals surface area (Å²) in [5.41, 5.74) is 3.46. The third-order valence-corrected chi connectivity index (χ3v) is 3.50. The van der Waals surface area contributed by atoms with E-state index < -0.39 is 0 Å². The number of nitrogens with one attached hydrogen (secondary N) is 1. The molecule has 0 aromatic heterocycles. The first-order valence-corrected chi connectivity index (χ1v) is 7.12. The molecule has 0 saturated heterocycles. The van der Waals surface area contributed by atoms with Crippen LogP contribution in [0.25, 0.3) is 0 Å². The van der Waals surface area contributed by atoms with Gasteiger partial charge in [-0.15, -0.1) is 0 Å². The van der Waals surface area contributed by atoms with Gasteiger partial charge in [-0.25, -0.2) is 0 Å². The average Bonchev–Trinajstić information content (AvgIpc) is 2.52. The molecule has 2 rings (SSSR count). The molecular formula is C18H21NO3. The Balaban J connectivity index is 2.19. The van der Waals surface area contributed by atoms with Gasteiger partial charge < -0.3 is 14.8 Å². The van der Waals surface area contributed by atoms with Gasteiger partial charge in [-0.1, -0.05) is 24.3 Å². The third-order valence-electron chi connectivity index (χ3n) is 3.50. The molecule has 0 heterocycles. The molecule has 4 heteroatoms. The zero-order valence-corrected chi connectivity index (χ0v) is 13.4. The Kier molecular flexibility index (Phi) is 5.04. The molecule has 2 aromatic carbocycles. The highest BCUT2D eigenvalue weighted by Gasteiger charge is 2.15. The summed E-state index contributed by atoms with van der Waals surface area (Å²) in [5.74, 6) is 1.22. The average molecular weight is 299 g/mol. The number of carbonyl (C=O) groups excluding carboxylic acids is 1. The molecular weight excluding hydrogens is 278 g/mol. The number of carbonyl (C=O) groups is 1. The normalized spacial score (nSPS) is 10.2. The summed E-state index contributed by atoms with van der Waals surface area (Å²) in [5, 5.41) is 2.92. The van der Waals surface area contributed by atoms with Crippen molar-refractivity contribution in [3.63, 3.8) is 0 Å². The Morgan fingerprint density at radius 2 is 1.82 bits per heavy atom. The van der Waals surface area contributed by atoms with Crippen LogP contribution in [0.5, 0.6) is 11.5 Å². The Labute approximate surface area is 131 Å². The second-order valence-electron chi connectivity index (χ2n) is 5.16. The van der Waals surface area contributed by atoms with Gasteiger partial charge in [-0.2, -0.15) is 0 Å². The molecule has 0 bridgehead atoms. The number of para-hydroxylation sites is 1. The highest BCUT2D eigenvalue weighted by Crippen LogP contribution is 2.25. The van der Waals surface area contributed by atoms with E-state index in [1.807, 2.05) is 50.2 Å². The number of aryl methyl sites for hydroxylation is 2. The molecule has 0 aliphatic rings. The van der Waals surface area contributed by atoms with Gasteiger partial charge in [0.15, 0.2) is 0 Å². The van der Waals surface area contributed by atoms with E-state index in [0.717, 1.165) is 22.4 Å². The topological polar surface area (TPSA) is 47.6 Å². The molecule has 0 spiro atoms. The maximum atomic E-state index is 12.5. The number of rotatable bonds is 5. The van der Waals surface area contributed by atoms with Gasteiger partial charge in [0.1, 0.15) is 11.5 Å². The molecule has 2 aromatic rings. The Bertz CT molecular complexity index is 680. The Hall–Kier alpha value is -2.49.